The van der Waals surface area contributed by atoms with Crippen molar-refractivity contribution in [1.82, 2.24) is 15.2 Å². The maximum absolute atomic E-state index is 4.73. The normalized spacial score (nSPS) is 25.1. The number of hydrogen-bond acceptors (Lipinski definition) is 3. The van der Waals surface area contributed by atoms with Gasteiger partial charge >= 0.3 is 0 Å². The van der Waals surface area contributed by atoms with Crippen molar-refractivity contribution in [3.8, 4) is 0 Å². The van der Waals surface area contributed by atoms with Gasteiger partial charge in [-0.3, -0.25) is 9.88 Å². The average Bonchev–Trinajstić information content (AvgIpc) is 2.44. The molecule has 1 aliphatic heterocycles. The number of nitrogens with zero attached hydrogens (tertiary/aromatic N) is 2. The summed E-state index contributed by atoms with van der Waals surface area (Å²) in [5, 5.41) is 3.78. The van der Waals surface area contributed by atoms with Crippen molar-refractivity contribution in [3.63, 3.8) is 0 Å². The van der Waals surface area contributed by atoms with Crippen molar-refractivity contribution in [3.05, 3.63) is 29.6 Å². The SMILES string of the molecule is Cc1cccc(CN2CC(C)(C)NCC23CCCCC3)n1. The second-order valence-electron chi connectivity index (χ2n) is 7.65. The van der Waals surface area contributed by atoms with Crippen LogP contribution in [0.15, 0.2) is 18.2 Å². The molecule has 1 spiro atoms. The summed E-state index contributed by atoms with van der Waals surface area (Å²) in [4.78, 5) is 7.46. The van der Waals surface area contributed by atoms with Gasteiger partial charge < -0.3 is 5.32 Å². The quantitative estimate of drug-likeness (QED) is 0.905. The van der Waals surface area contributed by atoms with Gasteiger partial charge in [0.25, 0.3) is 0 Å². The van der Waals surface area contributed by atoms with Crippen LogP contribution in [-0.4, -0.2) is 34.1 Å². The highest BCUT2D eigenvalue weighted by Gasteiger charge is 2.44. The number of rotatable bonds is 2. The summed E-state index contributed by atoms with van der Waals surface area (Å²) in [5.74, 6) is 0. The van der Waals surface area contributed by atoms with Gasteiger partial charge in [-0.25, -0.2) is 0 Å². The molecule has 0 amide bonds. The maximum Gasteiger partial charge on any atom is 0.0547 e. The molecule has 3 heteroatoms. The number of nitrogens with one attached hydrogen (secondary N) is 1. The van der Waals surface area contributed by atoms with Crippen LogP contribution in [0.2, 0.25) is 0 Å². The van der Waals surface area contributed by atoms with Crippen LogP contribution in [0.3, 0.4) is 0 Å². The molecule has 0 unspecified atom stereocenters. The number of aromatic nitrogens is 1. The molecule has 21 heavy (non-hydrogen) atoms. The molecule has 3 rings (SSSR count). The standard InChI is InChI=1S/C18H29N3/c1-15-8-7-9-16(20-15)12-21-14-17(2,3)19-13-18(21)10-5-4-6-11-18/h7-9,19H,4-6,10-14H2,1-3H3. The van der Waals surface area contributed by atoms with Crippen LogP contribution in [-0.2, 0) is 6.54 Å². The molecule has 0 atom stereocenters. The highest BCUT2D eigenvalue weighted by molar-refractivity contribution is 5.12. The van der Waals surface area contributed by atoms with Gasteiger partial charge in [-0.15, -0.1) is 0 Å². The third-order valence-electron chi connectivity index (χ3n) is 5.24. The number of piperazine rings is 1. The predicted octanol–water partition coefficient (Wildman–Crippen LogP) is 3.28. The first-order chi connectivity index (χ1) is 9.99. The van der Waals surface area contributed by atoms with Gasteiger partial charge in [0.05, 0.1) is 5.69 Å². The van der Waals surface area contributed by atoms with E-state index < -0.39 is 0 Å². The van der Waals surface area contributed by atoms with E-state index in [1.807, 2.05) is 0 Å². The Hall–Kier alpha value is -0.930. The maximum atomic E-state index is 4.73. The summed E-state index contributed by atoms with van der Waals surface area (Å²) in [5.41, 5.74) is 2.91. The van der Waals surface area contributed by atoms with Crippen molar-refractivity contribution < 1.29 is 0 Å². The first-order valence-corrected chi connectivity index (χ1v) is 8.42. The highest BCUT2D eigenvalue weighted by Crippen LogP contribution is 2.37. The Balaban J connectivity index is 1.83. The molecule has 116 valence electrons. The van der Waals surface area contributed by atoms with Crippen LogP contribution in [0.1, 0.15) is 57.3 Å². The summed E-state index contributed by atoms with van der Waals surface area (Å²) in [6.07, 6.45) is 6.82. The van der Waals surface area contributed by atoms with Gasteiger partial charge in [0.2, 0.25) is 0 Å². The summed E-state index contributed by atoms with van der Waals surface area (Å²) < 4.78 is 0. The molecule has 1 aromatic heterocycles. The lowest BCUT2D eigenvalue weighted by Gasteiger charge is -2.54. The van der Waals surface area contributed by atoms with Gasteiger partial charge in [0.1, 0.15) is 0 Å². The minimum atomic E-state index is 0.201. The molecule has 0 bridgehead atoms. The molecule has 1 saturated carbocycles. The summed E-state index contributed by atoms with van der Waals surface area (Å²) in [7, 11) is 0. The van der Waals surface area contributed by atoms with E-state index in [9.17, 15) is 0 Å². The Bertz CT molecular complexity index is 489. The number of pyridine rings is 1. The summed E-state index contributed by atoms with van der Waals surface area (Å²) >= 11 is 0. The molecule has 2 fully saturated rings. The summed E-state index contributed by atoms with van der Waals surface area (Å²) in [6.45, 7) is 9.96. The van der Waals surface area contributed by atoms with Crippen LogP contribution < -0.4 is 5.32 Å². The molecule has 0 aromatic carbocycles. The van der Waals surface area contributed by atoms with Gasteiger partial charge in [0, 0.05) is 36.4 Å². The second kappa shape index (κ2) is 5.69. The van der Waals surface area contributed by atoms with E-state index in [-0.39, 0.29) is 5.54 Å². The zero-order valence-corrected chi connectivity index (χ0v) is 13.8. The Morgan fingerprint density at radius 2 is 1.95 bits per heavy atom. The van der Waals surface area contributed by atoms with E-state index >= 15 is 0 Å². The van der Waals surface area contributed by atoms with Crippen LogP contribution in [0, 0.1) is 6.92 Å². The summed E-state index contributed by atoms with van der Waals surface area (Å²) in [6, 6.07) is 6.40. The van der Waals surface area contributed by atoms with Crippen LogP contribution in [0.25, 0.3) is 0 Å². The van der Waals surface area contributed by atoms with Crippen molar-refractivity contribution in [1.29, 1.82) is 0 Å². The first-order valence-electron chi connectivity index (χ1n) is 8.42. The van der Waals surface area contributed by atoms with Crippen LogP contribution >= 0.6 is 0 Å². The molecule has 3 nitrogen and oxygen atoms in total. The molecule has 1 aromatic rings. The molecule has 1 saturated heterocycles. The fourth-order valence-corrected chi connectivity index (χ4v) is 4.03. The van der Waals surface area contributed by atoms with Crippen molar-refractivity contribution >= 4 is 0 Å². The molecule has 1 N–H and O–H groups in total. The Morgan fingerprint density at radius 1 is 1.19 bits per heavy atom. The van der Waals surface area contributed by atoms with E-state index in [1.54, 1.807) is 0 Å². The fourth-order valence-electron chi connectivity index (χ4n) is 4.03. The molecular formula is C18H29N3. The highest BCUT2D eigenvalue weighted by atomic mass is 15.3. The zero-order chi connectivity index (χ0) is 14.9. The Morgan fingerprint density at radius 3 is 2.67 bits per heavy atom. The van der Waals surface area contributed by atoms with Crippen molar-refractivity contribution in [2.75, 3.05) is 13.1 Å². The van der Waals surface area contributed by atoms with Gasteiger partial charge in [-0.2, -0.15) is 0 Å². The fraction of sp³-hybridized carbons (Fsp3) is 0.722. The minimum Gasteiger partial charge on any atom is -0.309 e. The second-order valence-corrected chi connectivity index (χ2v) is 7.65. The van der Waals surface area contributed by atoms with E-state index in [2.05, 4.69) is 49.2 Å². The lowest BCUT2D eigenvalue weighted by atomic mass is 9.77. The molecule has 1 aliphatic carbocycles. The first kappa shape index (κ1) is 15.0. The molecular weight excluding hydrogens is 258 g/mol. The Labute approximate surface area is 129 Å². The molecule has 0 radical (unpaired) electrons. The topological polar surface area (TPSA) is 28.2 Å². The zero-order valence-electron chi connectivity index (χ0n) is 13.8. The predicted molar refractivity (Wildman–Crippen MR) is 87.3 cm³/mol. The third-order valence-corrected chi connectivity index (χ3v) is 5.24. The third kappa shape index (κ3) is 3.29. The van der Waals surface area contributed by atoms with Crippen molar-refractivity contribution in [2.45, 2.75) is 70.5 Å². The van der Waals surface area contributed by atoms with Gasteiger partial charge in [-0.1, -0.05) is 25.3 Å². The van der Waals surface area contributed by atoms with E-state index in [4.69, 9.17) is 4.98 Å². The van der Waals surface area contributed by atoms with Crippen LogP contribution in [0.5, 0.6) is 0 Å². The molecule has 2 aliphatic rings. The lowest BCUT2D eigenvalue weighted by Crippen LogP contribution is -2.68. The molecule has 2 heterocycles. The number of aryl methyl sites for hydroxylation is 1. The van der Waals surface area contributed by atoms with E-state index in [0.29, 0.717) is 5.54 Å². The van der Waals surface area contributed by atoms with E-state index in [0.717, 1.165) is 25.3 Å². The van der Waals surface area contributed by atoms with Crippen molar-refractivity contribution in [2.24, 2.45) is 0 Å². The monoisotopic (exact) mass is 287 g/mol. The van der Waals surface area contributed by atoms with E-state index in [1.165, 1.54) is 37.8 Å². The van der Waals surface area contributed by atoms with Crippen LogP contribution in [0.4, 0.5) is 0 Å². The smallest absolute Gasteiger partial charge is 0.0547 e. The Kier molecular flexibility index (Phi) is 4.06. The largest absolute Gasteiger partial charge is 0.309 e. The average molecular weight is 287 g/mol. The number of hydrogen-bond donors (Lipinski definition) is 1. The lowest BCUT2D eigenvalue weighted by molar-refractivity contribution is -0.0169. The van der Waals surface area contributed by atoms with Gasteiger partial charge in [0.15, 0.2) is 0 Å². The van der Waals surface area contributed by atoms with Gasteiger partial charge in [-0.05, 0) is 45.7 Å². The minimum absolute atomic E-state index is 0.201.